The highest BCUT2D eigenvalue weighted by molar-refractivity contribution is 7.08. The zero-order valence-electron chi connectivity index (χ0n) is 14.0. The molecule has 0 aliphatic carbocycles. The van der Waals surface area contributed by atoms with Gasteiger partial charge in [0.15, 0.2) is 0 Å². The Morgan fingerprint density at radius 3 is 2.68 bits per heavy atom. The van der Waals surface area contributed by atoms with Crippen LogP contribution in [0.4, 0.5) is 5.69 Å². The maximum atomic E-state index is 12.4. The van der Waals surface area contributed by atoms with Crippen LogP contribution in [-0.2, 0) is 4.79 Å². The van der Waals surface area contributed by atoms with Crippen LogP contribution in [0.15, 0.2) is 29.0 Å². The number of carbonyl (C=O) groups excluding carboxylic acids is 1. The third-order valence-electron chi connectivity index (χ3n) is 3.59. The van der Waals surface area contributed by atoms with Gasteiger partial charge in [0.2, 0.25) is 5.91 Å². The van der Waals surface area contributed by atoms with Gasteiger partial charge >= 0.3 is 0 Å². The molecule has 1 aromatic heterocycles. The number of hydrogen-bond donors (Lipinski definition) is 2. The Hall–Kier alpha value is -1.74. The Morgan fingerprint density at radius 1 is 1.28 bits per heavy atom. The fourth-order valence-corrected chi connectivity index (χ4v) is 3.53. The molecule has 0 saturated carbocycles. The first kappa shape index (κ1) is 19.6. The third kappa shape index (κ3) is 5.37. The fourth-order valence-electron chi connectivity index (χ4n) is 2.44. The van der Waals surface area contributed by atoms with Crippen molar-refractivity contribution in [1.82, 2.24) is 5.32 Å². The molecule has 2 N–H and O–H groups in total. The summed E-state index contributed by atoms with van der Waals surface area (Å²) >= 11 is 13.6. The molecule has 1 unspecified atom stereocenters. The summed E-state index contributed by atoms with van der Waals surface area (Å²) in [5, 5.41) is 19.6. The molecule has 0 bridgehead atoms. The van der Waals surface area contributed by atoms with Gasteiger partial charge in [0.25, 0.3) is 0 Å². The number of rotatable bonds is 7. The van der Waals surface area contributed by atoms with E-state index in [-0.39, 0.29) is 12.5 Å². The zero-order valence-corrected chi connectivity index (χ0v) is 16.3. The van der Waals surface area contributed by atoms with Crippen LogP contribution in [0.5, 0.6) is 0 Å². The average Bonchev–Trinajstić information content (AvgIpc) is 3.02. The van der Waals surface area contributed by atoms with E-state index in [0.29, 0.717) is 22.4 Å². The van der Waals surface area contributed by atoms with E-state index in [1.807, 2.05) is 29.0 Å². The minimum atomic E-state index is -0.413. The number of carbonyl (C=O) groups is 1. The molecule has 132 valence electrons. The van der Waals surface area contributed by atoms with Crippen molar-refractivity contribution < 1.29 is 4.79 Å². The molecule has 0 saturated heterocycles. The lowest BCUT2D eigenvalue weighted by Crippen LogP contribution is -2.40. The second-order valence-electron chi connectivity index (χ2n) is 6.03. The number of amides is 1. The van der Waals surface area contributed by atoms with E-state index in [1.165, 1.54) is 11.3 Å². The van der Waals surface area contributed by atoms with Gasteiger partial charge in [-0.05, 0) is 30.0 Å². The lowest BCUT2D eigenvalue weighted by Gasteiger charge is -2.21. The molecule has 0 radical (unpaired) electrons. The number of hydrogen-bond acceptors (Lipinski definition) is 4. The molecule has 1 amide bonds. The largest absolute Gasteiger partial charge is 0.372 e. The molecule has 2 rings (SSSR count). The Balaban J connectivity index is 2.25. The highest BCUT2D eigenvalue weighted by atomic mass is 35.5. The van der Waals surface area contributed by atoms with Crippen molar-refractivity contribution in [3.63, 3.8) is 0 Å². The van der Waals surface area contributed by atoms with Gasteiger partial charge in [-0.25, -0.2) is 0 Å². The van der Waals surface area contributed by atoms with Gasteiger partial charge in [0, 0.05) is 16.3 Å². The van der Waals surface area contributed by atoms with Crippen molar-refractivity contribution in [3.05, 3.63) is 39.0 Å². The maximum absolute atomic E-state index is 12.4. The topological polar surface area (TPSA) is 64.9 Å². The molecule has 1 aromatic carbocycles. The summed E-state index contributed by atoms with van der Waals surface area (Å²) in [6.07, 6.45) is 0.661. The molecular weight excluding hydrogens is 377 g/mol. The van der Waals surface area contributed by atoms with Crippen LogP contribution in [0, 0.1) is 17.2 Å². The summed E-state index contributed by atoms with van der Waals surface area (Å²) in [5.41, 5.74) is 2.76. The second kappa shape index (κ2) is 9.10. The van der Waals surface area contributed by atoms with Crippen molar-refractivity contribution in [1.29, 1.82) is 5.26 Å². The SMILES string of the molecule is CC(C)CC(Nc1cscc1-c1ccc(Cl)c(Cl)c1)C(=O)NCC#N. The molecule has 7 heteroatoms. The van der Waals surface area contributed by atoms with Crippen molar-refractivity contribution in [2.45, 2.75) is 26.3 Å². The number of thiophene rings is 1. The first-order chi connectivity index (χ1) is 11.9. The van der Waals surface area contributed by atoms with Gasteiger partial charge in [-0.1, -0.05) is 43.1 Å². The maximum Gasteiger partial charge on any atom is 0.243 e. The average molecular weight is 396 g/mol. The number of halogens is 2. The van der Waals surface area contributed by atoms with E-state index in [4.69, 9.17) is 28.5 Å². The van der Waals surface area contributed by atoms with Gasteiger partial charge in [0.1, 0.15) is 12.6 Å². The molecule has 0 spiro atoms. The van der Waals surface area contributed by atoms with Crippen LogP contribution in [0.1, 0.15) is 20.3 Å². The summed E-state index contributed by atoms with van der Waals surface area (Å²) in [6, 6.07) is 6.98. The van der Waals surface area contributed by atoms with Crippen LogP contribution < -0.4 is 10.6 Å². The predicted molar refractivity (Wildman–Crippen MR) is 105 cm³/mol. The van der Waals surface area contributed by atoms with E-state index in [0.717, 1.165) is 16.8 Å². The highest BCUT2D eigenvalue weighted by Gasteiger charge is 2.21. The van der Waals surface area contributed by atoms with Gasteiger partial charge in [0.05, 0.1) is 21.8 Å². The van der Waals surface area contributed by atoms with Gasteiger partial charge in [-0.15, -0.1) is 11.3 Å². The van der Waals surface area contributed by atoms with Crippen molar-refractivity contribution in [3.8, 4) is 17.2 Å². The van der Waals surface area contributed by atoms with Crippen LogP contribution in [0.25, 0.3) is 11.1 Å². The van der Waals surface area contributed by atoms with E-state index in [1.54, 1.807) is 6.07 Å². The number of nitriles is 1. The summed E-state index contributed by atoms with van der Waals surface area (Å²) in [5.74, 6) is 0.152. The first-order valence-corrected chi connectivity index (χ1v) is 9.55. The van der Waals surface area contributed by atoms with E-state index in [9.17, 15) is 4.79 Å². The Morgan fingerprint density at radius 2 is 2.04 bits per heavy atom. The van der Waals surface area contributed by atoms with E-state index < -0.39 is 6.04 Å². The molecule has 2 aromatic rings. The second-order valence-corrected chi connectivity index (χ2v) is 7.59. The zero-order chi connectivity index (χ0) is 18.4. The van der Waals surface area contributed by atoms with E-state index >= 15 is 0 Å². The van der Waals surface area contributed by atoms with Gasteiger partial charge < -0.3 is 10.6 Å². The van der Waals surface area contributed by atoms with Crippen LogP contribution >= 0.6 is 34.5 Å². The molecule has 1 atom stereocenters. The van der Waals surface area contributed by atoms with Gasteiger partial charge in [-0.3, -0.25) is 4.79 Å². The monoisotopic (exact) mass is 395 g/mol. The number of anilines is 1. The summed E-state index contributed by atoms with van der Waals surface area (Å²) in [7, 11) is 0. The molecule has 0 aliphatic heterocycles. The minimum Gasteiger partial charge on any atom is -0.372 e. The molecule has 0 aliphatic rings. The molecular formula is C18H19Cl2N3OS. The number of benzene rings is 1. The summed E-state index contributed by atoms with van der Waals surface area (Å²) < 4.78 is 0. The molecule has 4 nitrogen and oxygen atoms in total. The van der Waals surface area contributed by atoms with Crippen molar-refractivity contribution >= 4 is 46.1 Å². The molecule has 1 heterocycles. The quantitative estimate of drug-likeness (QED) is 0.633. The summed E-state index contributed by atoms with van der Waals surface area (Å²) in [6.45, 7) is 4.11. The molecule has 0 fully saturated rings. The number of nitrogens with one attached hydrogen (secondary N) is 2. The van der Waals surface area contributed by atoms with Crippen LogP contribution in [-0.4, -0.2) is 18.5 Å². The lowest BCUT2D eigenvalue weighted by atomic mass is 10.0. The van der Waals surface area contributed by atoms with E-state index in [2.05, 4.69) is 24.5 Å². The van der Waals surface area contributed by atoms with Gasteiger partial charge in [-0.2, -0.15) is 5.26 Å². The van der Waals surface area contributed by atoms with Crippen molar-refractivity contribution in [2.75, 3.05) is 11.9 Å². The third-order valence-corrected chi connectivity index (χ3v) is 5.07. The van der Waals surface area contributed by atoms with Crippen molar-refractivity contribution in [2.24, 2.45) is 5.92 Å². The Kier molecular flexibility index (Phi) is 7.12. The summed E-state index contributed by atoms with van der Waals surface area (Å²) in [4.78, 5) is 12.4. The molecule has 25 heavy (non-hydrogen) atoms. The first-order valence-electron chi connectivity index (χ1n) is 7.85. The number of nitrogens with zero attached hydrogens (tertiary/aromatic N) is 1. The normalized spacial score (nSPS) is 11.8. The Bertz CT molecular complexity index is 783. The lowest BCUT2D eigenvalue weighted by molar-refractivity contribution is -0.121. The van der Waals surface area contributed by atoms with Crippen LogP contribution in [0.3, 0.4) is 0 Å². The minimum absolute atomic E-state index is 0.00159. The van der Waals surface area contributed by atoms with Crippen LogP contribution in [0.2, 0.25) is 10.0 Å². The fraction of sp³-hybridized carbons (Fsp3) is 0.333. The Labute approximate surface area is 161 Å². The smallest absolute Gasteiger partial charge is 0.243 e. The standard InChI is InChI=1S/C18H19Cl2N3OS/c1-11(2)7-16(18(24)22-6-5-21)23-17-10-25-9-13(17)12-3-4-14(19)15(20)8-12/h3-4,8-11,16,23H,6-7H2,1-2H3,(H,22,24). The highest BCUT2D eigenvalue weighted by Crippen LogP contribution is 2.35. The predicted octanol–water partition coefficient (Wildman–Crippen LogP) is 5.19.